The van der Waals surface area contributed by atoms with Crippen LogP contribution in [0.3, 0.4) is 0 Å². The highest BCUT2D eigenvalue weighted by Gasteiger charge is 2.08. The van der Waals surface area contributed by atoms with E-state index in [2.05, 4.69) is 5.32 Å². The monoisotopic (exact) mass is 315 g/mol. The second-order valence-corrected chi connectivity index (χ2v) is 5.53. The Kier molecular flexibility index (Phi) is 3.86. The van der Waals surface area contributed by atoms with E-state index in [1.807, 2.05) is 26.0 Å². The van der Waals surface area contributed by atoms with E-state index >= 15 is 0 Å². The summed E-state index contributed by atoms with van der Waals surface area (Å²) in [7, 11) is 0. The SMILES string of the molecule is Cc1cc2oc(=O)cc(CNc3cc(F)cc(F)c3)c2cc1C. The zero-order valence-corrected chi connectivity index (χ0v) is 12.7. The van der Waals surface area contributed by atoms with Gasteiger partial charge >= 0.3 is 5.63 Å². The summed E-state index contributed by atoms with van der Waals surface area (Å²) in [5.74, 6) is -1.31. The first kappa shape index (κ1) is 15.2. The molecule has 1 heterocycles. The fourth-order valence-corrected chi connectivity index (χ4v) is 2.48. The highest BCUT2D eigenvalue weighted by atomic mass is 19.1. The normalized spacial score (nSPS) is 11.0. The van der Waals surface area contributed by atoms with Crippen molar-refractivity contribution < 1.29 is 13.2 Å². The molecule has 0 saturated heterocycles. The molecular formula is C18H15F2NO2. The average molecular weight is 315 g/mol. The molecule has 0 aliphatic carbocycles. The van der Waals surface area contributed by atoms with Crippen LogP contribution in [0.2, 0.25) is 0 Å². The van der Waals surface area contributed by atoms with E-state index in [4.69, 9.17) is 4.42 Å². The highest BCUT2D eigenvalue weighted by molar-refractivity contribution is 5.82. The Labute approximate surface area is 131 Å². The van der Waals surface area contributed by atoms with Gasteiger partial charge in [-0.1, -0.05) is 0 Å². The number of aryl methyl sites for hydroxylation is 2. The molecule has 3 rings (SSSR count). The van der Waals surface area contributed by atoms with Gasteiger partial charge in [-0.2, -0.15) is 0 Å². The minimum atomic E-state index is -0.656. The number of rotatable bonds is 3. The lowest BCUT2D eigenvalue weighted by atomic mass is 10.0. The molecule has 0 radical (unpaired) electrons. The molecule has 3 nitrogen and oxygen atoms in total. The second-order valence-electron chi connectivity index (χ2n) is 5.53. The lowest BCUT2D eigenvalue weighted by Gasteiger charge is -2.10. The Hall–Kier alpha value is -2.69. The molecule has 1 aromatic heterocycles. The summed E-state index contributed by atoms with van der Waals surface area (Å²) >= 11 is 0. The standard InChI is InChI=1S/C18H15F2NO2/c1-10-3-16-12(5-18(22)23-17(16)4-11(10)2)9-21-15-7-13(19)6-14(20)8-15/h3-8,21H,9H2,1-2H3. The highest BCUT2D eigenvalue weighted by Crippen LogP contribution is 2.22. The molecule has 0 amide bonds. The quantitative estimate of drug-likeness (QED) is 0.733. The zero-order valence-electron chi connectivity index (χ0n) is 12.7. The maximum atomic E-state index is 13.2. The van der Waals surface area contributed by atoms with E-state index in [-0.39, 0.29) is 6.54 Å². The van der Waals surface area contributed by atoms with Crippen molar-refractivity contribution in [1.29, 1.82) is 0 Å². The summed E-state index contributed by atoms with van der Waals surface area (Å²) in [6.07, 6.45) is 0. The van der Waals surface area contributed by atoms with Gasteiger partial charge in [0.25, 0.3) is 0 Å². The third-order valence-corrected chi connectivity index (χ3v) is 3.79. The first-order valence-corrected chi connectivity index (χ1v) is 7.16. The molecule has 0 saturated carbocycles. The summed E-state index contributed by atoms with van der Waals surface area (Å²) in [4.78, 5) is 11.7. The lowest BCUT2D eigenvalue weighted by Crippen LogP contribution is -2.06. The van der Waals surface area contributed by atoms with E-state index in [0.29, 0.717) is 16.8 Å². The Morgan fingerprint density at radius 2 is 1.61 bits per heavy atom. The van der Waals surface area contributed by atoms with Gasteiger partial charge < -0.3 is 9.73 Å². The number of anilines is 1. The van der Waals surface area contributed by atoms with Gasteiger partial charge in [-0.3, -0.25) is 0 Å². The first-order chi connectivity index (χ1) is 10.9. The van der Waals surface area contributed by atoms with Crippen LogP contribution in [0, 0.1) is 25.5 Å². The maximum Gasteiger partial charge on any atom is 0.336 e. The van der Waals surface area contributed by atoms with Crippen LogP contribution in [0.1, 0.15) is 16.7 Å². The van der Waals surface area contributed by atoms with Gasteiger partial charge in [-0.05, 0) is 54.8 Å². The molecule has 0 aliphatic heterocycles. The van der Waals surface area contributed by atoms with Crippen molar-refractivity contribution in [3.05, 3.63) is 75.1 Å². The van der Waals surface area contributed by atoms with Crippen molar-refractivity contribution in [2.45, 2.75) is 20.4 Å². The van der Waals surface area contributed by atoms with Crippen LogP contribution in [-0.2, 0) is 6.54 Å². The third kappa shape index (κ3) is 3.23. The predicted octanol–water partition coefficient (Wildman–Crippen LogP) is 4.30. The van der Waals surface area contributed by atoms with Crippen LogP contribution in [0.25, 0.3) is 11.0 Å². The Morgan fingerprint density at radius 3 is 2.30 bits per heavy atom. The van der Waals surface area contributed by atoms with E-state index < -0.39 is 17.3 Å². The molecule has 3 aromatic rings. The number of hydrogen-bond donors (Lipinski definition) is 1. The zero-order chi connectivity index (χ0) is 16.6. The largest absolute Gasteiger partial charge is 0.423 e. The van der Waals surface area contributed by atoms with Crippen molar-refractivity contribution in [2.75, 3.05) is 5.32 Å². The minimum absolute atomic E-state index is 0.257. The molecular weight excluding hydrogens is 300 g/mol. The topological polar surface area (TPSA) is 42.2 Å². The Morgan fingerprint density at radius 1 is 0.957 bits per heavy atom. The molecule has 0 aliphatic rings. The Balaban J connectivity index is 1.99. The van der Waals surface area contributed by atoms with Gasteiger partial charge in [0.05, 0.1) is 0 Å². The van der Waals surface area contributed by atoms with Gasteiger partial charge in [-0.15, -0.1) is 0 Å². The number of nitrogens with one attached hydrogen (secondary N) is 1. The summed E-state index contributed by atoms with van der Waals surface area (Å²) < 4.78 is 31.7. The van der Waals surface area contributed by atoms with Gasteiger partial charge in [0.2, 0.25) is 0 Å². The smallest absolute Gasteiger partial charge is 0.336 e. The molecule has 1 N–H and O–H groups in total. The molecule has 0 atom stereocenters. The second kappa shape index (κ2) is 5.83. The van der Waals surface area contributed by atoms with Crippen LogP contribution >= 0.6 is 0 Å². The average Bonchev–Trinajstić information content (AvgIpc) is 2.45. The molecule has 23 heavy (non-hydrogen) atoms. The van der Waals surface area contributed by atoms with Gasteiger partial charge in [0.1, 0.15) is 17.2 Å². The number of halogens is 2. The number of fused-ring (bicyclic) bond motifs is 1. The van der Waals surface area contributed by atoms with Crippen LogP contribution in [0.5, 0.6) is 0 Å². The van der Waals surface area contributed by atoms with E-state index in [9.17, 15) is 13.6 Å². The van der Waals surface area contributed by atoms with Crippen LogP contribution in [0.15, 0.2) is 45.6 Å². The van der Waals surface area contributed by atoms with Crippen molar-refractivity contribution in [1.82, 2.24) is 0 Å². The maximum absolute atomic E-state index is 13.2. The van der Waals surface area contributed by atoms with Crippen molar-refractivity contribution >= 4 is 16.7 Å². The molecule has 0 bridgehead atoms. The molecule has 0 fully saturated rings. The third-order valence-electron chi connectivity index (χ3n) is 3.79. The molecule has 118 valence electrons. The number of benzene rings is 2. The lowest BCUT2D eigenvalue weighted by molar-refractivity contribution is 0.558. The van der Waals surface area contributed by atoms with Crippen molar-refractivity contribution in [3.63, 3.8) is 0 Å². The van der Waals surface area contributed by atoms with Crippen LogP contribution < -0.4 is 10.9 Å². The van der Waals surface area contributed by atoms with E-state index in [1.165, 1.54) is 18.2 Å². The van der Waals surface area contributed by atoms with Gasteiger partial charge in [-0.25, -0.2) is 13.6 Å². The van der Waals surface area contributed by atoms with Crippen molar-refractivity contribution in [3.8, 4) is 0 Å². The van der Waals surface area contributed by atoms with Gasteiger partial charge in [0.15, 0.2) is 0 Å². The minimum Gasteiger partial charge on any atom is -0.423 e. The summed E-state index contributed by atoms with van der Waals surface area (Å²) in [5.41, 5.74) is 3.17. The first-order valence-electron chi connectivity index (χ1n) is 7.16. The summed E-state index contributed by atoms with van der Waals surface area (Å²) in [6.45, 7) is 4.17. The summed E-state index contributed by atoms with van der Waals surface area (Å²) in [6, 6.07) is 8.36. The molecule has 2 aromatic carbocycles. The van der Waals surface area contributed by atoms with Crippen molar-refractivity contribution in [2.24, 2.45) is 0 Å². The van der Waals surface area contributed by atoms with Gasteiger partial charge in [0, 0.05) is 29.8 Å². The number of hydrogen-bond acceptors (Lipinski definition) is 3. The Bertz CT molecular complexity index is 927. The predicted molar refractivity (Wildman–Crippen MR) is 85.6 cm³/mol. The fourth-order valence-electron chi connectivity index (χ4n) is 2.48. The molecule has 5 heteroatoms. The molecule has 0 spiro atoms. The van der Waals surface area contributed by atoms with E-state index in [1.54, 1.807) is 0 Å². The summed E-state index contributed by atoms with van der Waals surface area (Å²) in [5, 5.41) is 3.74. The molecule has 0 unspecified atom stereocenters. The van der Waals surface area contributed by atoms with Crippen LogP contribution in [0.4, 0.5) is 14.5 Å². The fraction of sp³-hybridized carbons (Fsp3) is 0.167. The van der Waals surface area contributed by atoms with E-state index in [0.717, 1.165) is 22.6 Å². The van der Waals surface area contributed by atoms with Crippen LogP contribution in [-0.4, -0.2) is 0 Å².